The molecule has 2 rings (SSSR count). The van der Waals surface area contributed by atoms with Gasteiger partial charge < -0.3 is 10.1 Å². The van der Waals surface area contributed by atoms with Gasteiger partial charge in [0, 0.05) is 11.7 Å². The number of nitrogens with zero attached hydrogens (tertiary/aromatic N) is 1. The van der Waals surface area contributed by atoms with Crippen LogP contribution in [0.1, 0.15) is 25.7 Å². The Morgan fingerprint density at radius 1 is 1.23 bits per heavy atom. The summed E-state index contributed by atoms with van der Waals surface area (Å²) in [6, 6.07) is 6.85. The molecule has 6 nitrogen and oxygen atoms in total. The molecule has 0 saturated heterocycles. The van der Waals surface area contributed by atoms with Gasteiger partial charge in [0.25, 0.3) is 0 Å². The molecule has 1 aliphatic rings. The van der Waals surface area contributed by atoms with Gasteiger partial charge in [0.2, 0.25) is 5.91 Å². The minimum Gasteiger partial charge on any atom is -0.497 e. The van der Waals surface area contributed by atoms with Gasteiger partial charge in [-0.05, 0) is 44.2 Å². The molecular formula is C16H23N3O3. The van der Waals surface area contributed by atoms with Crippen molar-refractivity contribution in [3.8, 4) is 5.75 Å². The lowest BCUT2D eigenvalue weighted by Crippen LogP contribution is -2.43. The first-order valence-corrected chi connectivity index (χ1v) is 7.53. The van der Waals surface area contributed by atoms with Crippen LogP contribution in [0.4, 0.5) is 10.5 Å². The molecule has 0 radical (unpaired) electrons. The number of amides is 3. The van der Waals surface area contributed by atoms with Gasteiger partial charge in [0.05, 0.1) is 13.7 Å². The standard InChI is InChI=1S/C16H23N3O3/c1-19(13-5-3-4-6-13)11-15(20)18-16(21)17-12-7-9-14(22-2)10-8-12/h7-10,13H,3-6,11H2,1-2H3,(H2,17,18,20,21). The molecular weight excluding hydrogens is 282 g/mol. The second kappa shape index (κ2) is 7.79. The van der Waals surface area contributed by atoms with E-state index in [0.717, 1.165) is 12.8 Å². The zero-order valence-electron chi connectivity index (χ0n) is 13.1. The molecule has 1 saturated carbocycles. The summed E-state index contributed by atoms with van der Waals surface area (Å²) in [6.45, 7) is 0.237. The Labute approximate surface area is 130 Å². The highest BCUT2D eigenvalue weighted by Crippen LogP contribution is 2.21. The van der Waals surface area contributed by atoms with Gasteiger partial charge in [-0.3, -0.25) is 15.0 Å². The summed E-state index contributed by atoms with van der Waals surface area (Å²) in [4.78, 5) is 25.7. The monoisotopic (exact) mass is 305 g/mol. The molecule has 6 heteroatoms. The van der Waals surface area contributed by atoms with E-state index in [4.69, 9.17) is 4.74 Å². The van der Waals surface area contributed by atoms with E-state index in [0.29, 0.717) is 17.5 Å². The van der Waals surface area contributed by atoms with Crippen LogP contribution in [0, 0.1) is 0 Å². The van der Waals surface area contributed by atoms with Crippen molar-refractivity contribution in [2.75, 3.05) is 26.0 Å². The summed E-state index contributed by atoms with van der Waals surface area (Å²) in [7, 11) is 3.51. The third kappa shape index (κ3) is 4.73. The van der Waals surface area contributed by atoms with Crippen molar-refractivity contribution in [1.82, 2.24) is 10.2 Å². The minimum absolute atomic E-state index is 0.237. The van der Waals surface area contributed by atoms with Gasteiger partial charge in [-0.25, -0.2) is 4.79 Å². The fourth-order valence-corrected chi connectivity index (χ4v) is 2.70. The maximum absolute atomic E-state index is 11.9. The minimum atomic E-state index is -0.519. The highest BCUT2D eigenvalue weighted by Gasteiger charge is 2.21. The van der Waals surface area contributed by atoms with Gasteiger partial charge in [-0.2, -0.15) is 0 Å². The number of likely N-dealkylation sites (N-methyl/N-ethyl adjacent to an activating group) is 1. The normalized spacial score (nSPS) is 14.9. The second-order valence-corrected chi connectivity index (χ2v) is 5.58. The number of hydrogen-bond acceptors (Lipinski definition) is 4. The lowest BCUT2D eigenvalue weighted by molar-refractivity contribution is -0.121. The lowest BCUT2D eigenvalue weighted by atomic mass is 10.2. The Morgan fingerprint density at radius 3 is 2.45 bits per heavy atom. The summed E-state index contributed by atoms with van der Waals surface area (Å²) in [5.41, 5.74) is 0.607. The molecule has 1 fully saturated rings. The molecule has 0 bridgehead atoms. The number of imide groups is 1. The molecule has 22 heavy (non-hydrogen) atoms. The van der Waals surface area contributed by atoms with Crippen LogP contribution in [-0.2, 0) is 4.79 Å². The van der Waals surface area contributed by atoms with E-state index in [1.165, 1.54) is 12.8 Å². The first-order valence-electron chi connectivity index (χ1n) is 7.53. The molecule has 3 amide bonds. The Kier molecular flexibility index (Phi) is 5.77. The van der Waals surface area contributed by atoms with Gasteiger partial charge in [0.1, 0.15) is 5.75 Å². The number of ether oxygens (including phenoxy) is 1. The number of benzene rings is 1. The van der Waals surface area contributed by atoms with Crippen LogP contribution >= 0.6 is 0 Å². The predicted octanol–water partition coefficient (Wildman–Crippen LogP) is 2.22. The molecule has 120 valence electrons. The van der Waals surface area contributed by atoms with E-state index in [1.807, 2.05) is 11.9 Å². The average Bonchev–Trinajstić information content (AvgIpc) is 3.02. The van der Waals surface area contributed by atoms with Crippen molar-refractivity contribution in [2.24, 2.45) is 0 Å². The number of urea groups is 1. The number of anilines is 1. The maximum atomic E-state index is 11.9. The number of carbonyl (C=O) groups excluding carboxylic acids is 2. The van der Waals surface area contributed by atoms with Crippen LogP contribution in [-0.4, -0.2) is 43.6 Å². The van der Waals surface area contributed by atoms with Crippen LogP contribution in [0.25, 0.3) is 0 Å². The number of hydrogen-bond donors (Lipinski definition) is 2. The SMILES string of the molecule is COc1ccc(NC(=O)NC(=O)CN(C)C2CCCC2)cc1. The number of carbonyl (C=O) groups is 2. The first kappa shape index (κ1) is 16.3. The second-order valence-electron chi connectivity index (χ2n) is 5.58. The average molecular weight is 305 g/mol. The van der Waals surface area contributed by atoms with E-state index >= 15 is 0 Å². The lowest BCUT2D eigenvalue weighted by Gasteiger charge is -2.22. The molecule has 1 aromatic carbocycles. The van der Waals surface area contributed by atoms with Crippen molar-refractivity contribution in [3.63, 3.8) is 0 Å². The molecule has 1 aliphatic carbocycles. The van der Waals surface area contributed by atoms with Crippen LogP contribution in [0.3, 0.4) is 0 Å². The summed E-state index contributed by atoms with van der Waals surface area (Å²) in [5.74, 6) is 0.417. The third-order valence-corrected chi connectivity index (χ3v) is 3.94. The summed E-state index contributed by atoms with van der Waals surface area (Å²) >= 11 is 0. The predicted molar refractivity (Wildman–Crippen MR) is 85.0 cm³/mol. The highest BCUT2D eigenvalue weighted by atomic mass is 16.5. The van der Waals surface area contributed by atoms with Crippen molar-refractivity contribution in [2.45, 2.75) is 31.7 Å². The van der Waals surface area contributed by atoms with E-state index in [2.05, 4.69) is 10.6 Å². The maximum Gasteiger partial charge on any atom is 0.325 e. The fraction of sp³-hybridized carbons (Fsp3) is 0.500. The third-order valence-electron chi connectivity index (χ3n) is 3.94. The fourth-order valence-electron chi connectivity index (χ4n) is 2.70. The van der Waals surface area contributed by atoms with Crippen LogP contribution in [0.5, 0.6) is 5.75 Å². The molecule has 0 aliphatic heterocycles. The Hall–Kier alpha value is -2.08. The molecule has 1 aromatic rings. The molecule has 0 heterocycles. The van der Waals surface area contributed by atoms with Crippen molar-refractivity contribution >= 4 is 17.6 Å². The smallest absolute Gasteiger partial charge is 0.325 e. The highest BCUT2D eigenvalue weighted by molar-refractivity contribution is 6.01. The van der Waals surface area contributed by atoms with Crippen LogP contribution in [0.15, 0.2) is 24.3 Å². The number of methoxy groups -OCH3 is 1. The van der Waals surface area contributed by atoms with Crippen molar-refractivity contribution in [3.05, 3.63) is 24.3 Å². The summed E-state index contributed by atoms with van der Waals surface area (Å²) < 4.78 is 5.04. The zero-order chi connectivity index (χ0) is 15.9. The summed E-state index contributed by atoms with van der Waals surface area (Å²) in [5, 5.41) is 4.97. The Morgan fingerprint density at radius 2 is 1.86 bits per heavy atom. The van der Waals surface area contributed by atoms with E-state index in [-0.39, 0.29) is 12.5 Å². The van der Waals surface area contributed by atoms with E-state index < -0.39 is 6.03 Å². The van der Waals surface area contributed by atoms with Gasteiger partial charge in [-0.1, -0.05) is 12.8 Å². The molecule has 2 N–H and O–H groups in total. The Bertz CT molecular complexity index is 510. The number of nitrogens with one attached hydrogen (secondary N) is 2. The zero-order valence-corrected chi connectivity index (χ0v) is 13.1. The molecule has 0 spiro atoms. The van der Waals surface area contributed by atoms with Crippen molar-refractivity contribution in [1.29, 1.82) is 0 Å². The Balaban J connectivity index is 1.76. The van der Waals surface area contributed by atoms with Crippen molar-refractivity contribution < 1.29 is 14.3 Å². The first-order chi connectivity index (χ1) is 10.6. The topological polar surface area (TPSA) is 70.7 Å². The van der Waals surface area contributed by atoms with Crippen LogP contribution < -0.4 is 15.4 Å². The van der Waals surface area contributed by atoms with Crippen LogP contribution in [0.2, 0.25) is 0 Å². The molecule has 0 unspecified atom stereocenters. The largest absolute Gasteiger partial charge is 0.497 e. The molecule has 0 atom stereocenters. The number of rotatable bonds is 5. The summed E-state index contributed by atoms with van der Waals surface area (Å²) in [6.07, 6.45) is 4.69. The van der Waals surface area contributed by atoms with E-state index in [9.17, 15) is 9.59 Å². The quantitative estimate of drug-likeness (QED) is 0.875. The van der Waals surface area contributed by atoms with Gasteiger partial charge in [0.15, 0.2) is 0 Å². The van der Waals surface area contributed by atoms with E-state index in [1.54, 1.807) is 31.4 Å². The van der Waals surface area contributed by atoms with Gasteiger partial charge in [-0.15, -0.1) is 0 Å². The molecule has 0 aromatic heterocycles. The van der Waals surface area contributed by atoms with Gasteiger partial charge >= 0.3 is 6.03 Å².